The summed E-state index contributed by atoms with van der Waals surface area (Å²) in [5.41, 5.74) is 3.59. The van der Waals surface area contributed by atoms with Crippen LogP contribution in [0.4, 0.5) is 5.13 Å². The van der Waals surface area contributed by atoms with Gasteiger partial charge in [-0.05, 0) is 30.9 Å². The number of hydrogen-bond acceptors (Lipinski definition) is 5. The Bertz CT molecular complexity index is 639. The molecule has 1 aliphatic rings. The molecule has 2 heterocycles. The lowest BCUT2D eigenvalue weighted by atomic mass is 10.0. The SMILES string of the molecule is COC(=O)c1sc(N2CCc3ccccc3CC2)nc1C. The number of hydrogen-bond donors (Lipinski definition) is 0. The van der Waals surface area contributed by atoms with Gasteiger partial charge >= 0.3 is 5.97 Å². The van der Waals surface area contributed by atoms with Crippen LogP contribution < -0.4 is 4.90 Å². The summed E-state index contributed by atoms with van der Waals surface area (Å²) in [6, 6.07) is 8.59. The van der Waals surface area contributed by atoms with E-state index in [-0.39, 0.29) is 5.97 Å². The second-order valence-corrected chi connectivity index (χ2v) is 6.14. The Kier molecular flexibility index (Phi) is 3.92. The Balaban J connectivity index is 1.82. The molecule has 0 fully saturated rings. The largest absolute Gasteiger partial charge is 0.465 e. The number of thiazole rings is 1. The minimum absolute atomic E-state index is 0.297. The third-order valence-electron chi connectivity index (χ3n) is 3.85. The lowest BCUT2D eigenvalue weighted by Gasteiger charge is -2.18. The van der Waals surface area contributed by atoms with Crippen LogP contribution in [-0.2, 0) is 17.6 Å². The Morgan fingerprint density at radius 1 is 1.24 bits per heavy atom. The van der Waals surface area contributed by atoms with Crippen LogP contribution in [0.3, 0.4) is 0 Å². The van der Waals surface area contributed by atoms with Crippen molar-refractivity contribution in [1.82, 2.24) is 4.98 Å². The van der Waals surface area contributed by atoms with Gasteiger partial charge in [0, 0.05) is 13.1 Å². The zero-order valence-corrected chi connectivity index (χ0v) is 13.1. The Morgan fingerprint density at radius 2 is 1.86 bits per heavy atom. The first-order valence-corrected chi connectivity index (χ1v) is 7.88. The maximum absolute atomic E-state index is 11.7. The molecule has 0 saturated heterocycles. The van der Waals surface area contributed by atoms with E-state index in [1.807, 2.05) is 6.92 Å². The van der Waals surface area contributed by atoms with Gasteiger partial charge in [0.1, 0.15) is 4.88 Å². The number of methoxy groups -OCH3 is 1. The van der Waals surface area contributed by atoms with E-state index in [4.69, 9.17) is 4.74 Å². The summed E-state index contributed by atoms with van der Waals surface area (Å²) in [5.74, 6) is -0.297. The van der Waals surface area contributed by atoms with Crippen molar-refractivity contribution in [3.63, 3.8) is 0 Å². The Hall–Kier alpha value is -1.88. The molecule has 5 heteroatoms. The summed E-state index contributed by atoms with van der Waals surface area (Å²) in [6.45, 7) is 3.73. The van der Waals surface area contributed by atoms with E-state index in [1.54, 1.807) is 0 Å². The first kappa shape index (κ1) is 14.1. The van der Waals surface area contributed by atoms with Crippen molar-refractivity contribution in [2.24, 2.45) is 0 Å². The maximum Gasteiger partial charge on any atom is 0.350 e. The second kappa shape index (κ2) is 5.85. The van der Waals surface area contributed by atoms with Crippen LogP contribution in [0.2, 0.25) is 0 Å². The van der Waals surface area contributed by atoms with Gasteiger partial charge in [-0.25, -0.2) is 9.78 Å². The first-order valence-electron chi connectivity index (χ1n) is 7.06. The van der Waals surface area contributed by atoms with Gasteiger partial charge in [-0.15, -0.1) is 0 Å². The lowest BCUT2D eigenvalue weighted by molar-refractivity contribution is 0.0605. The maximum atomic E-state index is 11.7. The predicted octanol–water partition coefficient (Wildman–Crippen LogP) is 2.84. The van der Waals surface area contributed by atoms with E-state index >= 15 is 0 Å². The molecule has 2 aromatic rings. The highest BCUT2D eigenvalue weighted by molar-refractivity contribution is 7.17. The third-order valence-corrected chi connectivity index (χ3v) is 5.05. The number of aryl methyl sites for hydroxylation is 1. The number of anilines is 1. The lowest BCUT2D eigenvalue weighted by Crippen LogP contribution is -2.25. The van der Waals surface area contributed by atoms with E-state index in [0.717, 1.165) is 36.8 Å². The highest BCUT2D eigenvalue weighted by Gasteiger charge is 2.21. The van der Waals surface area contributed by atoms with Crippen molar-refractivity contribution in [3.05, 3.63) is 46.0 Å². The van der Waals surface area contributed by atoms with Crippen LogP contribution in [0, 0.1) is 6.92 Å². The molecule has 0 saturated carbocycles. The first-order chi connectivity index (χ1) is 10.2. The molecule has 1 aromatic heterocycles. The van der Waals surface area contributed by atoms with Gasteiger partial charge in [0.05, 0.1) is 12.8 Å². The van der Waals surface area contributed by atoms with Gasteiger partial charge in [0.25, 0.3) is 0 Å². The zero-order chi connectivity index (χ0) is 14.8. The topological polar surface area (TPSA) is 42.4 Å². The smallest absolute Gasteiger partial charge is 0.350 e. The molecular formula is C16H18N2O2S. The van der Waals surface area contributed by atoms with E-state index in [1.165, 1.54) is 29.6 Å². The number of ether oxygens (including phenoxy) is 1. The Labute approximate surface area is 128 Å². The fraction of sp³-hybridized carbons (Fsp3) is 0.375. The number of rotatable bonds is 2. The number of esters is 1. The van der Waals surface area contributed by atoms with Gasteiger partial charge in [-0.1, -0.05) is 35.6 Å². The van der Waals surface area contributed by atoms with Crippen LogP contribution in [0.1, 0.15) is 26.5 Å². The fourth-order valence-electron chi connectivity index (χ4n) is 2.66. The number of carbonyl (C=O) groups excluding carboxylic acids is 1. The number of nitrogens with zero attached hydrogens (tertiary/aromatic N) is 2. The number of aromatic nitrogens is 1. The normalized spacial score (nSPS) is 14.5. The molecule has 0 spiro atoms. The molecule has 3 rings (SSSR count). The van der Waals surface area contributed by atoms with Gasteiger partial charge < -0.3 is 9.64 Å². The predicted molar refractivity (Wildman–Crippen MR) is 84.3 cm³/mol. The van der Waals surface area contributed by atoms with Crippen molar-refractivity contribution in [3.8, 4) is 0 Å². The van der Waals surface area contributed by atoms with Crippen LogP contribution in [0.15, 0.2) is 24.3 Å². The molecule has 1 aromatic carbocycles. The van der Waals surface area contributed by atoms with Crippen LogP contribution >= 0.6 is 11.3 Å². The quantitative estimate of drug-likeness (QED) is 0.800. The summed E-state index contributed by atoms with van der Waals surface area (Å²) in [5, 5.41) is 0.917. The average molecular weight is 302 g/mol. The highest BCUT2D eigenvalue weighted by Crippen LogP contribution is 2.28. The van der Waals surface area contributed by atoms with E-state index in [0.29, 0.717) is 4.88 Å². The summed E-state index contributed by atoms with van der Waals surface area (Å²) in [4.78, 5) is 19.1. The van der Waals surface area contributed by atoms with E-state index < -0.39 is 0 Å². The van der Waals surface area contributed by atoms with Crippen molar-refractivity contribution >= 4 is 22.4 Å². The number of fused-ring (bicyclic) bond motifs is 1. The minimum atomic E-state index is -0.297. The Morgan fingerprint density at radius 3 is 2.43 bits per heavy atom. The summed E-state index contributed by atoms with van der Waals surface area (Å²) >= 11 is 1.43. The number of benzene rings is 1. The van der Waals surface area contributed by atoms with Crippen LogP contribution in [-0.4, -0.2) is 31.2 Å². The molecule has 0 radical (unpaired) electrons. The van der Waals surface area contributed by atoms with Crippen molar-refractivity contribution < 1.29 is 9.53 Å². The molecular weight excluding hydrogens is 284 g/mol. The van der Waals surface area contributed by atoms with Gasteiger partial charge in [-0.2, -0.15) is 0 Å². The van der Waals surface area contributed by atoms with Gasteiger partial charge in [0.15, 0.2) is 5.13 Å². The van der Waals surface area contributed by atoms with Crippen LogP contribution in [0.5, 0.6) is 0 Å². The molecule has 21 heavy (non-hydrogen) atoms. The molecule has 4 nitrogen and oxygen atoms in total. The molecule has 1 aliphatic heterocycles. The summed E-state index contributed by atoms with van der Waals surface area (Å²) in [7, 11) is 1.41. The van der Waals surface area contributed by atoms with Crippen molar-refractivity contribution in [1.29, 1.82) is 0 Å². The molecule has 0 unspecified atom stereocenters. The number of carbonyl (C=O) groups is 1. The molecule has 0 aliphatic carbocycles. The molecule has 110 valence electrons. The van der Waals surface area contributed by atoms with Crippen molar-refractivity contribution in [2.75, 3.05) is 25.1 Å². The monoisotopic (exact) mass is 302 g/mol. The molecule has 0 amide bonds. The standard InChI is InChI=1S/C16H18N2O2S/c1-11-14(15(19)20-2)21-16(17-11)18-9-7-12-5-3-4-6-13(12)8-10-18/h3-6H,7-10H2,1-2H3. The van der Waals surface area contributed by atoms with E-state index in [2.05, 4.69) is 34.1 Å². The molecule has 0 bridgehead atoms. The molecule has 0 atom stereocenters. The van der Waals surface area contributed by atoms with Crippen LogP contribution in [0.25, 0.3) is 0 Å². The highest BCUT2D eigenvalue weighted by atomic mass is 32.1. The fourth-order valence-corrected chi connectivity index (χ4v) is 3.70. The van der Waals surface area contributed by atoms with Crippen molar-refractivity contribution in [2.45, 2.75) is 19.8 Å². The molecule has 0 N–H and O–H groups in total. The third kappa shape index (κ3) is 2.78. The van der Waals surface area contributed by atoms with E-state index in [9.17, 15) is 4.79 Å². The minimum Gasteiger partial charge on any atom is -0.465 e. The summed E-state index contributed by atoms with van der Waals surface area (Å²) in [6.07, 6.45) is 2.03. The zero-order valence-electron chi connectivity index (χ0n) is 12.3. The van der Waals surface area contributed by atoms with Gasteiger partial charge in [-0.3, -0.25) is 0 Å². The second-order valence-electron chi connectivity index (χ2n) is 5.16. The van der Waals surface area contributed by atoms with Gasteiger partial charge in [0.2, 0.25) is 0 Å². The summed E-state index contributed by atoms with van der Waals surface area (Å²) < 4.78 is 4.81. The average Bonchev–Trinajstić information content (AvgIpc) is 2.76.